The zero-order chi connectivity index (χ0) is 15.3. The summed E-state index contributed by atoms with van der Waals surface area (Å²) in [6.45, 7) is 4.12. The molecule has 1 aliphatic rings. The quantitative estimate of drug-likeness (QED) is 0.704. The topological polar surface area (TPSA) is 87.3 Å². The van der Waals surface area contributed by atoms with Gasteiger partial charge in [-0.05, 0) is 30.7 Å². The van der Waals surface area contributed by atoms with Gasteiger partial charge in [-0.15, -0.1) is 12.4 Å². The lowest BCUT2D eigenvalue weighted by Gasteiger charge is -2.10. The lowest BCUT2D eigenvalue weighted by atomic mass is 10.1. The Labute approximate surface area is 137 Å². The maximum atomic E-state index is 11.9. The normalized spacial score (nSPS) is 17.8. The van der Waals surface area contributed by atoms with Crippen LogP contribution in [0.4, 0.5) is 0 Å². The molecule has 1 aromatic rings. The molecule has 0 radical (unpaired) electrons. The van der Waals surface area contributed by atoms with Gasteiger partial charge in [-0.3, -0.25) is 4.79 Å². The lowest BCUT2D eigenvalue weighted by Crippen LogP contribution is -2.31. The largest absolute Gasteiger partial charge is 0.352 e. The van der Waals surface area contributed by atoms with E-state index >= 15 is 0 Å². The molecular weight excluding hydrogens is 326 g/mol. The third-order valence-corrected chi connectivity index (χ3v) is 5.03. The fourth-order valence-electron chi connectivity index (χ4n) is 2.27. The number of hydrogen-bond donors (Lipinski definition) is 3. The summed E-state index contributed by atoms with van der Waals surface area (Å²) in [5.41, 5.74) is 0.879. The number of rotatable bonds is 6. The van der Waals surface area contributed by atoms with Crippen LogP contribution in [-0.4, -0.2) is 34.0 Å². The minimum absolute atomic E-state index is 0. The SMILES string of the molecule is CCNS(=O)(=O)c1ccc(CNC(=O)C2CCNC2)cc1.Cl. The molecule has 1 amide bonds. The van der Waals surface area contributed by atoms with Crippen molar-refractivity contribution in [2.45, 2.75) is 24.8 Å². The van der Waals surface area contributed by atoms with Crippen molar-refractivity contribution in [1.82, 2.24) is 15.4 Å². The van der Waals surface area contributed by atoms with Gasteiger partial charge in [-0.1, -0.05) is 19.1 Å². The van der Waals surface area contributed by atoms with Gasteiger partial charge in [0.2, 0.25) is 15.9 Å². The molecule has 0 saturated carbocycles. The van der Waals surface area contributed by atoms with Gasteiger partial charge in [0.25, 0.3) is 0 Å². The molecule has 1 aliphatic heterocycles. The van der Waals surface area contributed by atoms with Crippen molar-refractivity contribution in [3.8, 4) is 0 Å². The van der Waals surface area contributed by atoms with Crippen LogP contribution >= 0.6 is 12.4 Å². The Bertz CT molecular complexity index is 584. The molecule has 1 saturated heterocycles. The Hall–Kier alpha value is -1.15. The van der Waals surface area contributed by atoms with Crippen molar-refractivity contribution < 1.29 is 13.2 Å². The summed E-state index contributed by atoms with van der Waals surface area (Å²) in [6.07, 6.45) is 0.867. The molecule has 1 atom stereocenters. The number of amides is 1. The molecule has 1 unspecified atom stereocenters. The van der Waals surface area contributed by atoms with E-state index in [1.807, 2.05) is 0 Å². The number of nitrogens with one attached hydrogen (secondary N) is 3. The Kier molecular flexibility index (Phi) is 7.28. The summed E-state index contributed by atoms with van der Waals surface area (Å²) in [4.78, 5) is 12.1. The van der Waals surface area contributed by atoms with Crippen molar-refractivity contribution in [2.24, 2.45) is 5.92 Å². The second-order valence-electron chi connectivity index (χ2n) is 5.05. The molecule has 2 rings (SSSR count). The highest BCUT2D eigenvalue weighted by Gasteiger charge is 2.21. The Morgan fingerprint density at radius 3 is 2.55 bits per heavy atom. The molecular formula is C14H22ClN3O3S. The fraction of sp³-hybridized carbons (Fsp3) is 0.500. The van der Waals surface area contributed by atoms with Crippen LogP contribution in [0, 0.1) is 5.92 Å². The van der Waals surface area contributed by atoms with Crippen LogP contribution in [0.25, 0.3) is 0 Å². The van der Waals surface area contributed by atoms with E-state index in [0.717, 1.165) is 25.1 Å². The van der Waals surface area contributed by atoms with E-state index in [4.69, 9.17) is 0 Å². The highest BCUT2D eigenvalue weighted by molar-refractivity contribution is 7.89. The molecule has 8 heteroatoms. The van der Waals surface area contributed by atoms with Crippen molar-refractivity contribution in [3.63, 3.8) is 0 Å². The summed E-state index contributed by atoms with van der Waals surface area (Å²) >= 11 is 0. The first kappa shape index (κ1) is 18.9. The molecule has 3 N–H and O–H groups in total. The maximum absolute atomic E-state index is 11.9. The standard InChI is InChI=1S/C14H21N3O3S.ClH/c1-2-17-21(19,20)13-5-3-11(4-6-13)9-16-14(18)12-7-8-15-10-12;/h3-6,12,15,17H,2,7-10H2,1H3,(H,16,18);1H. The van der Waals surface area contributed by atoms with Crippen LogP contribution in [0.15, 0.2) is 29.2 Å². The van der Waals surface area contributed by atoms with Gasteiger partial charge < -0.3 is 10.6 Å². The van der Waals surface area contributed by atoms with Crippen molar-refractivity contribution in [2.75, 3.05) is 19.6 Å². The van der Waals surface area contributed by atoms with Gasteiger partial charge in [0.15, 0.2) is 0 Å². The first-order valence-electron chi connectivity index (χ1n) is 7.10. The first-order valence-corrected chi connectivity index (χ1v) is 8.58. The van der Waals surface area contributed by atoms with Crippen LogP contribution in [0.1, 0.15) is 18.9 Å². The van der Waals surface area contributed by atoms with Crippen LogP contribution in [0.2, 0.25) is 0 Å². The van der Waals surface area contributed by atoms with Gasteiger partial charge in [0.1, 0.15) is 0 Å². The number of sulfonamides is 1. The van der Waals surface area contributed by atoms with Gasteiger partial charge >= 0.3 is 0 Å². The minimum atomic E-state index is -3.42. The molecule has 124 valence electrons. The number of carbonyl (C=O) groups excluding carboxylic acids is 1. The second-order valence-corrected chi connectivity index (χ2v) is 6.82. The summed E-state index contributed by atoms with van der Waals surface area (Å²) < 4.78 is 26.0. The van der Waals surface area contributed by atoms with E-state index in [1.165, 1.54) is 0 Å². The predicted molar refractivity (Wildman–Crippen MR) is 87.4 cm³/mol. The van der Waals surface area contributed by atoms with E-state index in [2.05, 4.69) is 15.4 Å². The number of carbonyl (C=O) groups is 1. The summed E-state index contributed by atoms with van der Waals surface area (Å²) in [5.74, 6) is 0.0859. The second kappa shape index (κ2) is 8.47. The van der Waals surface area contributed by atoms with Gasteiger partial charge in [0, 0.05) is 19.6 Å². The van der Waals surface area contributed by atoms with E-state index < -0.39 is 10.0 Å². The molecule has 1 fully saturated rings. The predicted octanol–water partition coefficient (Wildman–Crippen LogP) is 0.632. The third kappa shape index (κ3) is 4.95. The highest BCUT2D eigenvalue weighted by atomic mass is 35.5. The van der Waals surface area contributed by atoms with Gasteiger partial charge in [0.05, 0.1) is 10.8 Å². The number of halogens is 1. The lowest BCUT2D eigenvalue weighted by molar-refractivity contribution is -0.124. The average Bonchev–Trinajstić information content (AvgIpc) is 2.99. The third-order valence-electron chi connectivity index (χ3n) is 3.47. The Morgan fingerprint density at radius 2 is 2.00 bits per heavy atom. The zero-order valence-electron chi connectivity index (χ0n) is 12.5. The van der Waals surface area contributed by atoms with E-state index in [9.17, 15) is 13.2 Å². The molecule has 0 bridgehead atoms. The molecule has 0 aliphatic carbocycles. The summed E-state index contributed by atoms with van der Waals surface area (Å²) in [6, 6.07) is 6.54. The Balaban J connectivity index is 0.00000242. The molecule has 1 aromatic carbocycles. The van der Waals surface area contributed by atoms with E-state index in [-0.39, 0.29) is 29.1 Å². The van der Waals surface area contributed by atoms with Crippen molar-refractivity contribution in [3.05, 3.63) is 29.8 Å². The van der Waals surface area contributed by atoms with Crippen molar-refractivity contribution in [1.29, 1.82) is 0 Å². The Morgan fingerprint density at radius 1 is 1.32 bits per heavy atom. The van der Waals surface area contributed by atoms with Crippen LogP contribution in [0.5, 0.6) is 0 Å². The molecule has 22 heavy (non-hydrogen) atoms. The van der Waals surface area contributed by atoms with E-state index in [0.29, 0.717) is 13.1 Å². The molecule has 6 nitrogen and oxygen atoms in total. The van der Waals surface area contributed by atoms with Gasteiger partial charge in [-0.2, -0.15) is 0 Å². The maximum Gasteiger partial charge on any atom is 0.240 e. The minimum Gasteiger partial charge on any atom is -0.352 e. The van der Waals surface area contributed by atoms with Crippen LogP contribution in [0.3, 0.4) is 0 Å². The summed E-state index contributed by atoms with van der Waals surface area (Å²) in [7, 11) is -3.42. The highest BCUT2D eigenvalue weighted by Crippen LogP contribution is 2.11. The number of benzene rings is 1. The van der Waals surface area contributed by atoms with Gasteiger partial charge in [-0.25, -0.2) is 13.1 Å². The zero-order valence-corrected chi connectivity index (χ0v) is 14.1. The fourth-order valence-corrected chi connectivity index (χ4v) is 3.31. The smallest absolute Gasteiger partial charge is 0.240 e. The average molecular weight is 348 g/mol. The monoisotopic (exact) mass is 347 g/mol. The van der Waals surface area contributed by atoms with Crippen LogP contribution in [-0.2, 0) is 21.4 Å². The van der Waals surface area contributed by atoms with E-state index in [1.54, 1.807) is 31.2 Å². The molecule has 0 spiro atoms. The molecule has 0 aromatic heterocycles. The summed E-state index contributed by atoms with van der Waals surface area (Å²) in [5, 5.41) is 6.03. The first-order chi connectivity index (χ1) is 10.0. The number of hydrogen-bond acceptors (Lipinski definition) is 4. The van der Waals surface area contributed by atoms with Crippen molar-refractivity contribution >= 4 is 28.3 Å². The van der Waals surface area contributed by atoms with Crippen LogP contribution < -0.4 is 15.4 Å². The molecule has 1 heterocycles.